The SMILES string of the molecule is NC(=O)[C@H](F)C[C@@H](N)C(=O)O. The van der Waals surface area contributed by atoms with Crippen molar-refractivity contribution in [3.8, 4) is 0 Å². The van der Waals surface area contributed by atoms with Gasteiger partial charge in [0.15, 0.2) is 6.17 Å². The minimum absolute atomic E-state index is 0.579. The molecule has 0 saturated heterocycles. The van der Waals surface area contributed by atoms with E-state index in [0.717, 1.165) is 0 Å². The number of carbonyl (C=O) groups is 2. The quantitative estimate of drug-likeness (QED) is 0.475. The normalized spacial score (nSPS) is 15.5. The number of nitrogens with two attached hydrogens (primary N) is 2. The first-order valence-electron chi connectivity index (χ1n) is 2.87. The van der Waals surface area contributed by atoms with Gasteiger partial charge in [-0.2, -0.15) is 0 Å². The van der Waals surface area contributed by atoms with Crippen molar-refractivity contribution in [2.45, 2.75) is 18.6 Å². The van der Waals surface area contributed by atoms with Crippen LogP contribution in [0.25, 0.3) is 0 Å². The van der Waals surface area contributed by atoms with E-state index in [1.807, 2.05) is 0 Å². The molecule has 0 rings (SSSR count). The van der Waals surface area contributed by atoms with Gasteiger partial charge in [-0.15, -0.1) is 0 Å². The van der Waals surface area contributed by atoms with E-state index in [2.05, 4.69) is 5.73 Å². The number of halogens is 1. The number of hydrogen-bond donors (Lipinski definition) is 3. The molecule has 0 spiro atoms. The van der Waals surface area contributed by atoms with E-state index in [9.17, 15) is 14.0 Å². The Labute approximate surface area is 62.2 Å². The molecule has 0 radical (unpaired) electrons. The molecule has 0 aromatic heterocycles. The Morgan fingerprint density at radius 1 is 1.55 bits per heavy atom. The molecule has 1 amide bonds. The topological polar surface area (TPSA) is 106 Å². The molecule has 5 nitrogen and oxygen atoms in total. The maximum absolute atomic E-state index is 12.3. The smallest absolute Gasteiger partial charge is 0.320 e. The molecule has 5 N–H and O–H groups in total. The highest BCUT2D eigenvalue weighted by molar-refractivity contribution is 5.80. The number of alkyl halides is 1. The number of hydrogen-bond acceptors (Lipinski definition) is 3. The van der Waals surface area contributed by atoms with Crippen LogP contribution in [0.2, 0.25) is 0 Å². The first kappa shape index (κ1) is 9.83. The van der Waals surface area contributed by atoms with Crippen LogP contribution in [0.3, 0.4) is 0 Å². The molecule has 0 aromatic rings. The first-order valence-corrected chi connectivity index (χ1v) is 2.87. The van der Waals surface area contributed by atoms with Crippen LogP contribution in [0.4, 0.5) is 4.39 Å². The van der Waals surface area contributed by atoms with E-state index >= 15 is 0 Å². The molecule has 0 bridgehead atoms. The number of rotatable bonds is 4. The largest absolute Gasteiger partial charge is 0.480 e. The molecule has 0 fully saturated rings. The van der Waals surface area contributed by atoms with Gasteiger partial charge in [0.1, 0.15) is 6.04 Å². The maximum Gasteiger partial charge on any atom is 0.320 e. The molecular formula is C5H9FN2O3. The molecule has 2 atom stereocenters. The highest BCUT2D eigenvalue weighted by atomic mass is 19.1. The van der Waals surface area contributed by atoms with Gasteiger partial charge in [-0.1, -0.05) is 0 Å². The summed E-state index contributed by atoms with van der Waals surface area (Å²) >= 11 is 0. The van der Waals surface area contributed by atoms with Crippen LogP contribution in [-0.2, 0) is 9.59 Å². The molecule has 0 aliphatic rings. The van der Waals surface area contributed by atoms with Gasteiger partial charge in [0.05, 0.1) is 0 Å². The van der Waals surface area contributed by atoms with Crippen molar-refractivity contribution in [1.82, 2.24) is 0 Å². The molecule has 11 heavy (non-hydrogen) atoms. The van der Waals surface area contributed by atoms with Crippen LogP contribution in [0.5, 0.6) is 0 Å². The van der Waals surface area contributed by atoms with Gasteiger partial charge in [0.2, 0.25) is 0 Å². The summed E-state index contributed by atoms with van der Waals surface area (Å²) in [4.78, 5) is 20.1. The van der Waals surface area contributed by atoms with Crippen molar-refractivity contribution in [1.29, 1.82) is 0 Å². The summed E-state index contributed by atoms with van der Waals surface area (Å²) in [6.07, 6.45) is -2.56. The zero-order chi connectivity index (χ0) is 9.02. The monoisotopic (exact) mass is 164 g/mol. The lowest BCUT2D eigenvalue weighted by Crippen LogP contribution is -2.37. The van der Waals surface area contributed by atoms with Crippen LogP contribution < -0.4 is 11.5 Å². The molecule has 0 heterocycles. The minimum Gasteiger partial charge on any atom is -0.480 e. The number of primary amides is 1. The van der Waals surface area contributed by atoms with Crippen LogP contribution in [0.15, 0.2) is 0 Å². The summed E-state index contributed by atoms with van der Waals surface area (Å²) in [5.41, 5.74) is 9.43. The summed E-state index contributed by atoms with van der Waals surface area (Å²) < 4.78 is 12.3. The fraction of sp³-hybridized carbons (Fsp3) is 0.600. The lowest BCUT2D eigenvalue weighted by molar-refractivity contribution is -0.139. The summed E-state index contributed by atoms with van der Waals surface area (Å²) in [5.74, 6) is -2.55. The predicted molar refractivity (Wildman–Crippen MR) is 34.3 cm³/mol. The molecular weight excluding hydrogens is 155 g/mol. The maximum atomic E-state index is 12.3. The Morgan fingerprint density at radius 3 is 2.27 bits per heavy atom. The summed E-state index contributed by atoms with van der Waals surface area (Å²) in [6, 6.07) is -1.38. The van der Waals surface area contributed by atoms with Gasteiger partial charge in [-0.05, 0) is 0 Å². The molecule has 0 unspecified atom stereocenters. The molecule has 64 valence electrons. The predicted octanol–water partition coefficient (Wildman–Crippen LogP) is -1.39. The molecule has 0 aromatic carbocycles. The van der Waals surface area contributed by atoms with E-state index in [-0.39, 0.29) is 0 Å². The van der Waals surface area contributed by atoms with Crippen molar-refractivity contribution in [2.75, 3.05) is 0 Å². The van der Waals surface area contributed by atoms with E-state index in [0.29, 0.717) is 0 Å². The van der Waals surface area contributed by atoms with Crippen molar-refractivity contribution >= 4 is 11.9 Å². The second kappa shape index (κ2) is 3.87. The van der Waals surface area contributed by atoms with Gasteiger partial charge in [0, 0.05) is 6.42 Å². The van der Waals surface area contributed by atoms with Gasteiger partial charge >= 0.3 is 5.97 Å². The third-order valence-electron chi connectivity index (χ3n) is 1.09. The van der Waals surface area contributed by atoms with Crippen molar-refractivity contribution < 1.29 is 19.1 Å². The number of carbonyl (C=O) groups excluding carboxylic acids is 1. The van der Waals surface area contributed by atoms with Gasteiger partial charge in [-0.3, -0.25) is 9.59 Å². The van der Waals surface area contributed by atoms with Crippen LogP contribution in [0, 0.1) is 0 Å². The molecule has 6 heteroatoms. The number of carboxylic acid groups (broad SMARTS) is 1. The van der Waals surface area contributed by atoms with E-state index in [4.69, 9.17) is 10.8 Å². The van der Waals surface area contributed by atoms with E-state index in [1.165, 1.54) is 0 Å². The second-order valence-corrected chi connectivity index (χ2v) is 2.05. The van der Waals surface area contributed by atoms with Crippen molar-refractivity contribution in [3.63, 3.8) is 0 Å². The fourth-order valence-corrected chi connectivity index (χ4v) is 0.440. The van der Waals surface area contributed by atoms with Crippen LogP contribution >= 0.6 is 0 Å². The zero-order valence-electron chi connectivity index (χ0n) is 5.66. The summed E-state index contributed by atoms with van der Waals surface area (Å²) in [7, 11) is 0. The molecule has 0 aliphatic carbocycles. The van der Waals surface area contributed by atoms with Gasteiger partial charge in [-0.25, -0.2) is 4.39 Å². The first-order chi connectivity index (χ1) is 4.95. The lowest BCUT2D eigenvalue weighted by Gasteiger charge is -2.06. The van der Waals surface area contributed by atoms with E-state index < -0.39 is 30.5 Å². The Kier molecular flexibility index (Phi) is 3.46. The number of aliphatic carboxylic acids is 1. The van der Waals surface area contributed by atoms with Crippen LogP contribution in [0.1, 0.15) is 6.42 Å². The Balaban J connectivity index is 3.84. The van der Waals surface area contributed by atoms with Gasteiger partial charge < -0.3 is 16.6 Å². The fourth-order valence-electron chi connectivity index (χ4n) is 0.440. The Bertz CT molecular complexity index is 155. The van der Waals surface area contributed by atoms with Crippen molar-refractivity contribution in [3.05, 3.63) is 0 Å². The van der Waals surface area contributed by atoms with Crippen molar-refractivity contribution in [2.24, 2.45) is 11.5 Å². The Hall–Kier alpha value is -1.17. The second-order valence-electron chi connectivity index (χ2n) is 2.05. The minimum atomic E-state index is -1.99. The zero-order valence-corrected chi connectivity index (χ0v) is 5.66. The average molecular weight is 164 g/mol. The molecule has 0 aliphatic heterocycles. The lowest BCUT2D eigenvalue weighted by atomic mass is 10.1. The Morgan fingerprint density at radius 2 is 2.00 bits per heavy atom. The highest BCUT2D eigenvalue weighted by Crippen LogP contribution is 1.99. The highest BCUT2D eigenvalue weighted by Gasteiger charge is 2.21. The average Bonchev–Trinajstić information content (AvgIpc) is 1.87. The third kappa shape index (κ3) is 3.51. The number of carboxylic acids is 1. The van der Waals surface area contributed by atoms with Crippen LogP contribution in [-0.4, -0.2) is 29.2 Å². The van der Waals surface area contributed by atoms with E-state index in [1.54, 1.807) is 0 Å². The standard InChI is InChI=1S/C5H9FN2O3/c6-2(4(8)9)1-3(7)5(10)11/h2-3H,1,7H2,(H2,8,9)(H,10,11)/t2-,3-/m1/s1. The molecule has 0 saturated carbocycles. The van der Waals surface area contributed by atoms with Gasteiger partial charge in [0.25, 0.3) is 5.91 Å². The third-order valence-corrected chi connectivity index (χ3v) is 1.09. The number of amides is 1. The summed E-state index contributed by atoms with van der Waals surface area (Å²) in [6.45, 7) is 0. The summed E-state index contributed by atoms with van der Waals surface area (Å²) in [5, 5.41) is 8.17.